The lowest BCUT2D eigenvalue weighted by molar-refractivity contribution is -0.142. The number of carbonyl (C=O) groups is 2. The first-order valence-electron chi connectivity index (χ1n) is 6.53. The van der Waals surface area contributed by atoms with Gasteiger partial charge in [0.2, 0.25) is 0 Å². The number of carboxylic acid groups (broad SMARTS) is 1. The lowest BCUT2D eigenvalue weighted by Gasteiger charge is -2.27. The molecule has 19 heavy (non-hydrogen) atoms. The van der Waals surface area contributed by atoms with Gasteiger partial charge in [0.15, 0.2) is 0 Å². The Morgan fingerprint density at radius 1 is 1.42 bits per heavy atom. The zero-order valence-corrected chi connectivity index (χ0v) is 11.6. The molecule has 6 nitrogen and oxygen atoms in total. The molecule has 0 bridgehead atoms. The van der Waals surface area contributed by atoms with E-state index >= 15 is 0 Å². The van der Waals surface area contributed by atoms with Gasteiger partial charge >= 0.3 is 12.1 Å². The van der Waals surface area contributed by atoms with E-state index in [2.05, 4.69) is 0 Å². The topological polar surface area (TPSA) is 76.1 Å². The first-order valence-corrected chi connectivity index (χ1v) is 6.53. The average Bonchev–Trinajstić information content (AvgIpc) is 2.84. The highest BCUT2D eigenvalue weighted by Gasteiger charge is 2.51. The lowest BCUT2D eigenvalue weighted by atomic mass is 9.85. The molecule has 2 aliphatic rings. The molecule has 2 atom stereocenters. The average molecular weight is 271 g/mol. The summed E-state index contributed by atoms with van der Waals surface area (Å²) in [6, 6.07) is -0.809. The Bertz CT molecular complexity index is 381. The zero-order valence-electron chi connectivity index (χ0n) is 11.6. The number of carboxylic acids is 1. The van der Waals surface area contributed by atoms with Crippen LogP contribution in [0.1, 0.15) is 33.6 Å². The van der Waals surface area contributed by atoms with Crippen molar-refractivity contribution in [1.29, 1.82) is 0 Å². The molecular weight excluding hydrogens is 250 g/mol. The minimum absolute atomic E-state index is 0.208. The van der Waals surface area contributed by atoms with Gasteiger partial charge in [-0.05, 0) is 33.6 Å². The molecular formula is C13H21NO5. The van der Waals surface area contributed by atoms with Gasteiger partial charge in [-0.25, -0.2) is 9.59 Å². The summed E-state index contributed by atoms with van der Waals surface area (Å²) in [6.07, 6.45) is 0.696. The third kappa shape index (κ3) is 3.00. The van der Waals surface area contributed by atoms with Gasteiger partial charge in [0.25, 0.3) is 0 Å². The standard InChI is InChI=1S/C13H21NO5/c1-12(2,3)19-11(17)14-7-13(4-5-18-8-13)6-9(14)10(15)16/h9H,4-8H2,1-3H3,(H,15,16)/t9-,13?/m0/s1. The second-order valence-corrected chi connectivity index (χ2v) is 6.47. The molecule has 0 radical (unpaired) electrons. The van der Waals surface area contributed by atoms with E-state index in [1.165, 1.54) is 4.90 Å². The van der Waals surface area contributed by atoms with Crippen LogP contribution >= 0.6 is 0 Å². The van der Waals surface area contributed by atoms with Crippen molar-refractivity contribution < 1.29 is 24.2 Å². The summed E-state index contributed by atoms with van der Waals surface area (Å²) >= 11 is 0. The summed E-state index contributed by atoms with van der Waals surface area (Å²) in [5.41, 5.74) is -0.831. The van der Waals surface area contributed by atoms with Crippen LogP contribution in [0, 0.1) is 5.41 Å². The minimum atomic E-state index is -0.977. The number of rotatable bonds is 1. The van der Waals surface area contributed by atoms with Crippen molar-refractivity contribution >= 4 is 12.1 Å². The largest absolute Gasteiger partial charge is 0.480 e. The molecule has 2 rings (SSSR count). The van der Waals surface area contributed by atoms with Crippen molar-refractivity contribution in [2.24, 2.45) is 5.41 Å². The fourth-order valence-electron chi connectivity index (χ4n) is 2.72. The van der Waals surface area contributed by atoms with Crippen molar-refractivity contribution in [3.05, 3.63) is 0 Å². The third-order valence-electron chi connectivity index (χ3n) is 3.61. The first-order chi connectivity index (χ1) is 8.72. The quantitative estimate of drug-likeness (QED) is 0.782. The van der Waals surface area contributed by atoms with E-state index in [0.717, 1.165) is 6.42 Å². The molecule has 0 aliphatic carbocycles. The lowest BCUT2D eigenvalue weighted by Crippen LogP contribution is -2.43. The molecule has 2 aliphatic heterocycles. The zero-order chi connectivity index (χ0) is 14.3. The molecule has 1 spiro atoms. The van der Waals surface area contributed by atoms with Gasteiger partial charge in [-0.15, -0.1) is 0 Å². The predicted octanol–water partition coefficient (Wildman–Crippen LogP) is 1.49. The van der Waals surface area contributed by atoms with Crippen LogP contribution in [0.5, 0.6) is 0 Å². The van der Waals surface area contributed by atoms with Crippen LogP contribution in [-0.2, 0) is 14.3 Å². The van der Waals surface area contributed by atoms with Gasteiger partial charge < -0.3 is 14.6 Å². The summed E-state index contributed by atoms with van der Waals surface area (Å²) in [4.78, 5) is 24.8. The number of hydrogen-bond acceptors (Lipinski definition) is 4. The summed E-state index contributed by atoms with van der Waals surface area (Å²) in [5.74, 6) is -0.977. The summed E-state index contributed by atoms with van der Waals surface area (Å²) < 4.78 is 10.7. The van der Waals surface area contributed by atoms with Gasteiger partial charge in [-0.3, -0.25) is 4.90 Å². The number of carbonyl (C=O) groups excluding carboxylic acids is 1. The van der Waals surface area contributed by atoms with Crippen LogP contribution in [-0.4, -0.2) is 53.5 Å². The number of likely N-dealkylation sites (tertiary alicyclic amines) is 1. The minimum Gasteiger partial charge on any atom is -0.480 e. The Balaban J connectivity index is 2.13. The van der Waals surface area contributed by atoms with E-state index < -0.39 is 23.7 Å². The molecule has 2 saturated heterocycles. The van der Waals surface area contributed by atoms with Gasteiger partial charge in [0.1, 0.15) is 11.6 Å². The van der Waals surface area contributed by atoms with Gasteiger partial charge in [0.05, 0.1) is 6.61 Å². The highest BCUT2D eigenvalue weighted by Crippen LogP contribution is 2.42. The Hall–Kier alpha value is -1.30. The van der Waals surface area contributed by atoms with E-state index in [9.17, 15) is 14.7 Å². The number of ether oxygens (including phenoxy) is 2. The van der Waals surface area contributed by atoms with E-state index in [4.69, 9.17) is 9.47 Å². The summed E-state index contributed by atoms with van der Waals surface area (Å²) in [6.45, 7) is 6.87. The van der Waals surface area contributed by atoms with Gasteiger partial charge in [-0.1, -0.05) is 0 Å². The number of hydrogen-bond donors (Lipinski definition) is 1. The molecule has 1 amide bonds. The SMILES string of the molecule is CC(C)(C)OC(=O)N1CC2(CCOC2)C[C@H]1C(=O)O. The molecule has 1 N–H and O–H groups in total. The van der Waals surface area contributed by atoms with E-state index in [1.807, 2.05) is 0 Å². The second-order valence-electron chi connectivity index (χ2n) is 6.47. The van der Waals surface area contributed by atoms with E-state index in [0.29, 0.717) is 26.2 Å². The van der Waals surface area contributed by atoms with Crippen molar-refractivity contribution in [1.82, 2.24) is 4.90 Å². The summed E-state index contributed by atoms with van der Waals surface area (Å²) in [7, 11) is 0. The third-order valence-corrected chi connectivity index (χ3v) is 3.61. The monoisotopic (exact) mass is 271 g/mol. The highest BCUT2D eigenvalue weighted by molar-refractivity contribution is 5.81. The second kappa shape index (κ2) is 4.67. The Labute approximate surface area is 112 Å². The number of amides is 1. The van der Waals surface area contributed by atoms with E-state index in [1.54, 1.807) is 20.8 Å². The van der Waals surface area contributed by atoms with Crippen LogP contribution in [0.15, 0.2) is 0 Å². The predicted molar refractivity (Wildman–Crippen MR) is 66.8 cm³/mol. The normalized spacial score (nSPS) is 30.9. The van der Waals surface area contributed by atoms with E-state index in [-0.39, 0.29) is 5.41 Å². The molecule has 108 valence electrons. The van der Waals surface area contributed by atoms with Crippen molar-refractivity contribution in [3.63, 3.8) is 0 Å². The molecule has 1 unspecified atom stereocenters. The van der Waals surface area contributed by atoms with Crippen LogP contribution in [0.4, 0.5) is 4.79 Å². The maximum Gasteiger partial charge on any atom is 0.411 e. The van der Waals surface area contributed by atoms with Crippen molar-refractivity contribution in [2.45, 2.75) is 45.3 Å². The molecule has 2 fully saturated rings. The van der Waals surface area contributed by atoms with Crippen LogP contribution < -0.4 is 0 Å². The molecule has 0 aromatic carbocycles. The number of nitrogens with zero attached hydrogens (tertiary/aromatic N) is 1. The smallest absolute Gasteiger partial charge is 0.411 e. The molecule has 6 heteroatoms. The van der Waals surface area contributed by atoms with Crippen molar-refractivity contribution in [3.8, 4) is 0 Å². The fourth-order valence-corrected chi connectivity index (χ4v) is 2.72. The highest BCUT2D eigenvalue weighted by atomic mass is 16.6. The Morgan fingerprint density at radius 3 is 2.58 bits per heavy atom. The molecule has 0 aromatic rings. The first kappa shape index (κ1) is 14.1. The van der Waals surface area contributed by atoms with Gasteiger partial charge in [-0.2, -0.15) is 0 Å². The Morgan fingerprint density at radius 2 is 2.11 bits per heavy atom. The molecule has 0 aromatic heterocycles. The van der Waals surface area contributed by atoms with Crippen LogP contribution in [0.3, 0.4) is 0 Å². The van der Waals surface area contributed by atoms with Crippen LogP contribution in [0.2, 0.25) is 0 Å². The maximum absolute atomic E-state index is 12.1. The molecule has 2 heterocycles. The van der Waals surface area contributed by atoms with Crippen LogP contribution in [0.25, 0.3) is 0 Å². The van der Waals surface area contributed by atoms with Gasteiger partial charge in [0, 0.05) is 18.6 Å². The Kier molecular flexibility index (Phi) is 3.47. The summed E-state index contributed by atoms with van der Waals surface area (Å²) in [5, 5.41) is 9.28. The van der Waals surface area contributed by atoms with Crippen molar-refractivity contribution in [2.75, 3.05) is 19.8 Å². The number of aliphatic carboxylic acids is 1. The molecule has 0 saturated carbocycles. The maximum atomic E-state index is 12.1. The fraction of sp³-hybridized carbons (Fsp3) is 0.846.